The van der Waals surface area contributed by atoms with Crippen LogP contribution in [0.25, 0.3) is 22.6 Å². The van der Waals surface area contributed by atoms with E-state index >= 15 is 0 Å². The van der Waals surface area contributed by atoms with Gasteiger partial charge in [0.25, 0.3) is 0 Å². The minimum atomic E-state index is -0.0791. The van der Waals surface area contributed by atoms with Gasteiger partial charge in [0.2, 0.25) is 11.8 Å². The number of fused-ring (bicyclic) bond motifs is 1. The van der Waals surface area contributed by atoms with Gasteiger partial charge in [0, 0.05) is 22.2 Å². The topological polar surface area (TPSA) is 55.1 Å². The van der Waals surface area contributed by atoms with Crippen LogP contribution in [0.2, 0.25) is 5.02 Å². The molecule has 0 aliphatic carbocycles. The molecule has 0 unspecified atom stereocenters. The second-order valence-corrected chi connectivity index (χ2v) is 6.24. The molecule has 0 radical (unpaired) electrons. The molecule has 2 aromatic carbocycles. The molecule has 0 saturated carbocycles. The summed E-state index contributed by atoms with van der Waals surface area (Å²) in [7, 11) is 0. The van der Waals surface area contributed by atoms with Crippen LogP contribution in [0.1, 0.15) is 19.4 Å². The third-order valence-electron chi connectivity index (χ3n) is 3.62. The highest BCUT2D eigenvalue weighted by molar-refractivity contribution is 6.31. The van der Waals surface area contributed by atoms with Crippen molar-refractivity contribution in [1.29, 1.82) is 0 Å². The number of hydrogen-bond acceptors (Lipinski definition) is 3. The highest BCUT2D eigenvalue weighted by Gasteiger charge is 2.13. The van der Waals surface area contributed by atoms with Crippen LogP contribution in [0.3, 0.4) is 0 Å². The molecule has 118 valence electrons. The average molecular weight is 329 g/mol. The Morgan fingerprint density at radius 2 is 2.00 bits per heavy atom. The van der Waals surface area contributed by atoms with Crippen molar-refractivity contribution in [2.45, 2.75) is 20.8 Å². The molecule has 1 aromatic heterocycles. The smallest absolute Gasteiger partial charge is 0.227 e. The second kappa shape index (κ2) is 6.05. The van der Waals surface area contributed by atoms with Crippen molar-refractivity contribution < 1.29 is 9.21 Å². The number of amides is 1. The van der Waals surface area contributed by atoms with Gasteiger partial charge in [-0.3, -0.25) is 4.79 Å². The summed E-state index contributed by atoms with van der Waals surface area (Å²) in [5.74, 6) is 0.404. The summed E-state index contributed by atoms with van der Waals surface area (Å²) in [5.41, 5.74) is 3.95. The Balaban J connectivity index is 2.00. The molecule has 1 amide bonds. The number of carbonyl (C=O) groups excluding carboxylic acids is 1. The molecule has 0 saturated heterocycles. The monoisotopic (exact) mass is 328 g/mol. The quantitative estimate of drug-likeness (QED) is 0.731. The van der Waals surface area contributed by atoms with Crippen LogP contribution in [-0.4, -0.2) is 10.9 Å². The highest BCUT2D eigenvalue weighted by Crippen LogP contribution is 2.29. The van der Waals surface area contributed by atoms with Crippen LogP contribution < -0.4 is 5.32 Å². The zero-order valence-electron chi connectivity index (χ0n) is 13.2. The maximum Gasteiger partial charge on any atom is 0.227 e. The summed E-state index contributed by atoms with van der Waals surface area (Å²) in [6, 6.07) is 11.1. The van der Waals surface area contributed by atoms with E-state index in [9.17, 15) is 4.79 Å². The van der Waals surface area contributed by atoms with Gasteiger partial charge < -0.3 is 9.73 Å². The number of rotatable bonds is 3. The van der Waals surface area contributed by atoms with Crippen LogP contribution in [-0.2, 0) is 4.79 Å². The van der Waals surface area contributed by atoms with Gasteiger partial charge in [-0.15, -0.1) is 0 Å². The number of aromatic nitrogens is 1. The molecule has 0 atom stereocenters. The first-order valence-electron chi connectivity index (χ1n) is 7.42. The summed E-state index contributed by atoms with van der Waals surface area (Å²) in [4.78, 5) is 16.4. The number of hydrogen-bond donors (Lipinski definition) is 1. The van der Waals surface area contributed by atoms with Gasteiger partial charge >= 0.3 is 0 Å². The molecular weight excluding hydrogens is 312 g/mol. The lowest BCUT2D eigenvalue weighted by molar-refractivity contribution is -0.118. The van der Waals surface area contributed by atoms with Gasteiger partial charge in [-0.25, -0.2) is 4.98 Å². The molecule has 23 heavy (non-hydrogen) atoms. The Kier molecular flexibility index (Phi) is 4.09. The Labute approximate surface area is 139 Å². The summed E-state index contributed by atoms with van der Waals surface area (Å²) in [6.07, 6.45) is 0. The van der Waals surface area contributed by atoms with Gasteiger partial charge in [0.15, 0.2) is 5.58 Å². The van der Waals surface area contributed by atoms with E-state index in [1.165, 1.54) is 0 Å². The molecular formula is C18H17ClN2O2. The minimum absolute atomic E-state index is 0.0189. The van der Waals surface area contributed by atoms with Crippen molar-refractivity contribution in [2.24, 2.45) is 5.92 Å². The Bertz CT molecular complexity index is 884. The van der Waals surface area contributed by atoms with Crippen LogP contribution in [0, 0.1) is 12.8 Å². The van der Waals surface area contributed by atoms with Crippen LogP contribution >= 0.6 is 11.6 Å². The second-order valence-electron chi connectivity index (χ2n) is 5.80. The fourth-order valence-corrected chi connectivity index (χ4v) is 2.36. The Hall–Kier alpha value is -2.33. The van der Waals surface area contributed by atoms with Crippen molar-refractivity contribution in [3.63, 3.8) is 0 Å². The molecule has 0 spiro atoms. The summed E-state index contributed by atoms with van der Waals surface area (Å²) in [5, 5.41) is 3.55. The lowest BCUT2D eigenvalue weighted by Gasteiger charge is -2.11. The van der Waals surface area contributed by atoms with Crippen molar-refractivity contribution in [2.75, 3.05) is 5.32 Å². The number of carbonyl (C=O) groups is 1. The maximum atomic E-state index is 11.9. The first-order chi connectivity index (χ1) is 10.9. The standard InChI is InChI=1S/C18H17ClN2O2/c1-10(2)17(22)20-14-8-12(5-4-11(14)3)18-21-15-9-13(19)6-7-16(15)23-18/h4-10H,1-3H3,(H,20,22). The zero-order valence-corrected chi connectivity index (χ0v) is 13.9. The fourth-order valence-electron chi connectivity index (χ4n) is 2.19. The molecule has 3 aromatic rings. The molecule has 1 heterocycles. The number of nitrogens with zero attached hydrogens (tertiary/aromatic N) is 1. The van der Waals surface area contributed by atoms with Gasteiger partial charge in [0.05, 0.1) is 0 Å². The van der Waals surface area contributed by atoms with Crippen molar-refractivity contribution >= 4 is 34.3 Å². The number of anilines is 1. The number of oxazole rings is 1. The lowest BCUT2D eigenvalue weighted by Crippen LogP contribution is -2.18. The maximum absolute atomic E-state index is 11.9. The van der Waals surface area contributed by atoms with E-state index in [4.69, 9.17) is 16.0 Å². The van der Waals surface area contributed by atoms with E-state index in [2.05, 4.69) is 10.3 Å². The van der Waals surface area contributed by atoms with Crippen LogP contribution in [0.4, 0.5) is 5.69 Å². The van der Waals surface area contributed by atoms with E-state index < -0.39 is 0 Å². The number of benzene rings is 2. The Morgan fingerprint density at radius 1 is 1.22 bits per heavy atom. The molecule has 1 N–H and O–H groups in total. The van der Waals surface area contributed by atoms with E-state index in [-0.39, 0.29) is 11.8 Å². The molecule has 5 heteroatoms. The van der Waals surface area contributed by atoms with Gasteiger partial charge in [-0.1, -0.05) is 31.5 Å². The van der Waals surface area contributed by atoms with Gasteiger partial charge in [-0.2, -0.15) is 0 Å². The molecule has 0 fully saturated rings. The lowest BCUT2D eigenvalue weighted by atomic mass is 10.1. The van der Waals surface area contributed by atoms with E-state index in [1.807, 2.05) is 39.0 Å². The van der Waals surface area contributed by atoms with Crippen molar-refractivity contribution in [3.05, 3.63) is 47.0 Å². The first kappa shape index (κ1) is 15.6. The van der Waals surface area contributed by atoms with Crippen molar-refractivity contribution in [3.8, 4) is 11.5 Å². The largest absolute Gasteiger partial charge is 0.436 e. The summed E-state index contributed by atoms with van der Waals surface area (Å²) < 4.78 is 5.77. The summed E-state index contributed by atoms with van der Waals surface area (Å²) >= 11 is 5.98. The van der Waals surface area contributed by atoms with E-state index in [0.29, 0.717) is 22.0 Å². The van der Waals surface area contributed by atoms with Crippen LogP contribution in [0.5, 0.6) is 0 Å². The number of halogens is 1. The first-order valence-corrected chi connectivity index (χ1v) is 7.80. The molecule has 0 bridgehead atoms. The highest BCUT2D eigenvalue weighted by atomic mass is 35.5. The zero-order chi connectivity index (χ0) is 16.6. The normalized spacial score (nSPS) is 11.2. The van der Waals surface area contributed by atoms with Gasteiger partial charge in [-0.05, 0) is 42.8 Å². The molecule has 3 rings (SSSR count). The predicted molar refractivity (Wildman–Crippen MR) is 92.7 cm³/mol. The number of nitrogens with one attached hydrogen (secondary N) is 1. The number of aryl methyl sites for hydroxylation is 1. The predicted octanol–water partition coefficient (Wildman–Crippen LogP) is 5.05. The average Bonchev–Trinajstić information content (AvgIpc) is 2.92. The summed E-state index contributed by atoms with van der Waals surface area (Å²) in [6.45, 7) is 5.67. The van der Waals surface area contributed by atoms with Crippen LogP contribution in [0.15, 0.2) is 40.8 Å². The fraction of sp³-hybridized carbons (Fsp3) is 0.222. The molecule has 4 nitrogen and oxygen atoms in total. The SMILES string of the molecule is Cc1ccc(-c2nc3cc(Cl)ccc3o2)cc1NC(=O)C(C)C. The van der Waals surface area contributed by atoms with Gasteiger partial charge in [0.1, 0.15) is 5.52 Å². The van der Waals surface area contributed by atoms with E-state index in [0.717, 1.165) is 16.8 Å². The third-order valence-corrected chi connectivity index (χ3v) is 3.85. The molecule has 0 aliphatic heterocycles. The minimum Gasteiger partial charge on any atom is -0.436 e. The third kappa shape index (κ3) is 3.22. The Morgan fingerprint density at radius 3 is 2.74 bits per heavy atom. The van der Waals surface area contributed by atoms with Crippen molar-refractivity contribution in [1.82, 2.24) is 4.98 Å². The van der Waals surface area contributed by atoms with E-state index in [1.54, 1.807) is 18.2 Å². The molecule has 0 aliphatic rings.